The fraction of sp³-hybridized carbons (Fsp3) is 0.409. The van der Waals surface area contributed by atoms with Crippen LogP contribution in [0, 0.1) is 0 Å². The maximum atomic E-state index is 13.5. The van der Waals surface area contributed by atoms with E-state index in [1.165, 1.54) is 0 Å². The standard InChI is InChI=1S/C22H24N4O2S/c1-22(21(28)23-15-7-2-3-8-15)14-25-18-11-5-4-10-17(18)24-19(25)20(27)26(22)13-16-9-6-12-29-16/h4-6,9-12,15H,2-3,7-8,13-14H2,1H3,(H,23,28). The van der Waals surface area contributed by atoms with Gasteiger partial charge in [0.1, 0.15) is 5.54 Å². The highest BCUT2D eigenvalue weighted by molar-refractivity contribution is 7.09. The Morgan fingerprint density at radius 3 is 2.79 bits per heavy atom. The molecule has 0 saturated heterocycles. The molecule has 5 rings (SSSR count). The summed E-state index contributed by atoms with van der Waals surface area (Å²) in [6, 6.07) is 11.9. The Bertz CT molecular complexity index is 1070. The Labute approximate surface area is 173 Å². The molecular formula is C22H24N4O2S. The van der Waals surface area contributed by atoms with Gasteiger partial charge >= 0.3 is 0 Å². The number of amides is 2. The minimum atomic E-state index is -0.972. The number of para-hydroxylation sites is 2. The summed E-state index contributed by atoms with van der Waals surface area (Å²) in [4.78, 5) is 34.4. The van der Waals surface area contributed by atoms with Crippen molar-refractivity contribution in [1.82, 2.24) is 19.8 Å². The number of carbonyl (C=O) groups is 2. The van der Waals surface area contributed by atoms with Gasteiger partial charge in [-0.3, -0.25) is 9.59 Å². The van der Waals surface area contributed by atoms with Gasteiger partial charge in [-0.15, -0.1) is 11.3 Å². The largest absolute Gasteiger partial charge is 0.351 e. The van der Waals surface area contributed by atoms with Crippen molar-refractivity contribution in [3.05, 3.63) is 52.5 Å². The molecule has 0 spiro atoms. The zero-order valence-electron chi connectivity index (χ0n) is 16.4. The van der Waals surface area contributed by atoms with Crippen molar-refractivity contribution in [2.75, 3.05) is 0 Å². The number of thiophene rings is 1. The predicted octanol–water partition coefficient (Wildman–Crippen LogP) is 3.57. The first-order chi connectivity index (χ1) is 14.1. The average Bonchev–Trinajstić information content (AvgIpc) is 3.47. The lowest BCUT2D eigenvalue weighted by molar-refractivity contribution is -0.133. The Kier molecular flexibility index (Phi) is 4.42. The molecule has 1 fully saturated rings. The van der Waals surface area contributed by atoms with Crippen LogP contribution in [-0.2, 0) is 17.9 Å². The fourth-order valence-corrected chi connectivity index (χ4v) is 5.24. The van der Waals surface area contributed by atoms with Crippen molar-refractivity contribution in [3.63, 3.8) is 0 Å². The molecule has 2 amide bonds. The van der Waals surface area contributed by atoms with E-state index in [1.807, 2.05) is 53.3 Å². The number of rotatable bonds is 4. The molecule has 3 heterocycles. The number of hydrogen-bond acceptors (Lipinski definition) is 4. The molecule has 2 aliphatic rings. The van der Waals surface area contributed by atoms with Crippen molar-refractivity contribution < 1.29 is 9.59 Å². The van der Waals surface area contributed by atoms with Crippen LogP contribution < -0.4 is 5.32 Å². The second-order valence-corrected chi connectivity index (χ2v) is 9.24. The van der Waals surface area contributed by atoms with Crippen LogP contribution in [0.5, 0.6) is 0 Å². The van der Waals surface area contributed by atoms with Crippen LogP contribution in [0.2, 0.25) is 0 Å². The first kappa shape index (κ1) is 18.4. The lowest BCUT2D eigenvalue weighted by Crippen LogP contribution is -2.64. The van der Waals surface area contributed by atoms with Crippen molar-refractivity contribution in [2.24, 2.45) is 0 Å². The lowest BCUT2D eigenvalue weighted by atomic mass is 9.94. The molecule has 2 aromatic heterocycles. The molecule has 29 heavy (non-hydrogen) atoms. The van der Waals surface area contributed by atoms with Gasteiger partial charge in [-0.2, -0.15) is 0 Å². The van der Waals surface area contributed by atoms with Crippen molar-refractivity contribution in [1.29, 1.82) is 0 Å². The summed E-state index contributed by atoms with van der Waals surface area (Å²) < 4.78 is 1.91. The van der Waals surface area contributed by atoms with E-state index in [2.05, 4.69) is 10.3 Å². The summed E-state index contributed by atoms with van der Waals surface area (Å²) in [6.07, 6.45) is 4.32. The average molecular weight is 409 g/mol. The van der Waals surface area contributed by atoms with Gasteiger partial charge < -0.3 is 14.8 Å². The third-order valence-electron chi connectivity index (χ3n) is 6.23. The topological polar surface area (TPSA) is 67.2 Å². The highest BCUT2D eigenvalue weighted by Crippen LogP contribution is 2.33. The van der Waals surface area contributed by atoms with Crippen LogP contribution >= 0.6 is 11.3 Å². The summed E-state index contributed by atoms with van der Waals surface area (Å²) in [5.41, 5.74) is 0.707. The van der Waals surface area contributed by atoms with Gasteiger partial charge in [0.05, 0.1) is 24.1 Å². The monoisotopic (exact) mass is 408 g/mol. The van der Waals surface area contributed by atoms with Gasteiger partial charge in [0, 0.05) is 10.9 Å². The van der Waals surface area contributed by atoms with E-state index in [0.29, 0.717) is 18.9 Å². The van der Waals surface area contributed by atoms with Crippen LogP contribution in [0.25, 0.3) is 11.0 Å². The summed E-state index contributed by atoms with van der Waals surface area (Å²) in [5.74, 6) is 0.150. The Hall–Kier alpha value is -2.67. The number of hydrogen-bond donors (Lipinski definition) is 1. The molecule has 1 aliphatic carbocycles. The number of nitrogens with one attached hydrogen (secondary N) is 1. The van der Waals surface area contributed by atoms with E-state index in [4.69, 9.17) is 0 Å². The van der Waals surface area contributed by atoms with E-state index in [0.717, 1.165) is 41.6 Å². The zero-order chi connectivity index (χ0) is 20.0. The second-order valence-electron chi connectivity index (χ2n) is 8.21. The molecule has 7 heteroatoms. The summed E-state index contributed by atoms with van der Waals surface area (Å²) >= 11 is 1.60. The van der Waals surface area contributed by atoms with Gasteiger partial charge in [0.15, 0.2) is 5.82 Å². The molecule has 6 nitrogen and oxygen atoms in total. The first-order valence-electron chi connectivity index (χ1n) is 10.2. The van der Waals surface area contributed by atoms with Crippen LogP contribution in [0.15, 0.2) is 41.8 Å². The van der Waals surface area contributed by atoms with E-state index < -0.39 is 5.54 Å². The Morgan fingerprint density at radius 1 is 1.24 bits per heavy atom. The fourth-order valence-electron chi connectivity index (χ4n) is 4.55. The normalized spacial score (nSPS) is 22.2. The summed E-state index contributed by atoms with van der Waals surface area (Å²) in [7, 11) is 0. The van der Waals surface area contributed by atoms with Crippen LogP contribution in [0.4, 0.5) is 0 Å². The quantitative estimate of drug-likeness (QED) is 0.718. The van der Waals surface area contributed by atoms with Gasteiger partial charge in [0.25, 0.3) is 5.91 Å². The number of benzene rings is 1. The molecule has 1 saturated carbocycles. The Morgan fingerprint density at radius 2 is 2.03 bits per heavy atom. The van der Waals surface area contributed by atoms with Crippen LogP contribution in [-0.4, -0.2) is 37.8 Å². The highest BCUT2D eigenvalue weighted by Gasteiger charge is 2.49. The smallest absolute Gasteiger partial charge is 0.291 e. The third kappa shape index (κ3) is 3.04. The number of carbonyl (C=O) groups excluding carboxylic acids is 2. The number of nitrogens with zero attached hydrogens (tertiary/aromatic N) is 3. The number of imidazole rings is 1. The van der Waals surface area contributed by atoms with E-state index in [1.54, 1.807) is 16.2 Å². The van der Waals surface area contributed by atoms with Gasteiger partial charge in [0.2, 0.25) is 5.91 Å². The molecular weight excluding hydrogens is 384 g/mol. The van der Waals surface area contributed by atoms with Crippen molar-refractivity contribution >= 4 is 34.2 Å². The number of aromatic nitrogens is 2. The molecule has 1 unspecified atom stereocenters. The number of fused-ring (bicyclic) bond motifs is 3. The first-order valence-corrected chi connectivity index (χ1v) is 11.0. The van der Waals surface area contributed by atoms with E-state index >= 15 is 0 Å². The molecule has 1 N–H and O–H groups in total. The molecule has 3 aromatic rings. The summed E-state index contributed by atoms with van der Waals surface area (Å²) in [5, 5.41) is 5.22. The maximum absolute atomic E-state index is 13.5. The molecule has 150 valence electrons. The van der Waals surface area contributed by atoms with Crippen LogP contribution in [0.3, 0.4) is 0 Å². The maximum Gasteiger partial charge on any atom is 0.291 e. The lowest BCUT2D eigenvalue weighted by Gasteiger charge is -2.43. The molecule has 1 aliphatic heterocycles. The summed E-state index contributed by atoms with van der Waals surface area (Å²) in [6.45, 7) is 2.70. The van der Waals surface area contributed by atoms with Gasteiger partial charge in [-0.25, -0.2) is 4.98 Å². The van der Waals surface area contributed by atoms with Gasteiger partial charge in [-0.1, -0.05) is 31.0 Å². The Balaban J connectivity index is 1.57. The zero-order valence-corrected chi connectivity index (χ0v) is 17.2. The second kappa shape index (κ2) is 6.99. The van der Waals surface area contributed by atoms with Crippen LogP contribution in [0.1, 0.15) is 48.1 Å². The SMILES string of the molecule is CC1(C(=O)NC2CCCC2)Cn2c(nc3ccccc32)C(=O)N1Cc1cccs1. The molecule has 0 radical (unpaired) electrons. The minimum Gasteiger partial charge on any atom is -0.351 e. The minimum absolute atomic E-state index is 0.0715. The molecule has 0 bridgehead atoms. The van der Waals surface area contributed by atoms with Crippen molar-refractivity contribution in [2.45, 2.75) is 57.3 Å². The van der Waals surface area contributed by atoms with E-state index in [9.17, 15) is 9.59 Å². The molecule has 1 atom stereocenters. The predicted molar refractivity (Wildman–Crippen MR) is 113 cm³/mol. The third-order valence-corrected chi connectivity index (χ3v) is 7.09. The molecule has 1 aromatic carbocycles. The van der Waals surface area contributed by atoms with E-state index in [-0.39, 0.29) is 17.9 Å². The van der Waals surface area contributed by atoms with Crippen molar-refractivity contribution in [3.8, 4) is 0 Å². The van der Waals surface area contributed by atoms with Gasteiger partial charge in [-0.05, 0) is 43.3 Å². The highest BCUT2D eigenvalue weighted by atomic mass is 32.1.